The molecule has 2 amide bonds. The number of anilines is 1. The van der Waals surface area contributed by atoms with Crippen molar-refractivity contribution in [3.05, 3.63) is 59.7 Å². The summed E-state index contributed by atoms with van der Waals surface area (Å²) < 4.78 is 0. The first-order valence-electron chi connectivity index (χ1n) is 6.49. The minimum atomic E-state index is -0.736. The zero-order valence-corrected chi connectivity index (χ0v) is 11.6. The van der Waals surface area contributed by atoms with Crippen molar-refractivity contribution in [2.75, 3.05) is 5.32 Å². The first-order valence-corrected chi connectivity index (χ1v) is 6.49. The first kappa shape index (κ1) is 14.6. The Hall–Kier alpha value is -2.82. The van der Waals surface area contributed by atoms with Gasteiger partial charge in [-0.15, -0.1) is 0 Å². The molecule has 2 aromatic rings. The Morgan fingerprint density at radius 3 is 2.43 bits per heavy atom. The zero-order valence-electron chi connectivity index (χ0n) is 11.6. The molecule has 0 unspecified atom stereocenters. The lowest BCUT2D eigenvalue weighted by Gasteiger charge is -2.09. The molecule has 5 heteroatoms. The molecule has 0 aromatic heterocycles. The van der Waals surface area contributed by atoms with Crippen molar-refractivity contribution in [1.82, 2.24) is 5.32 Å². The number of aromatic hydroxyl groups is 1. The number of benzene rings is 2. The molecule has 108 valence electrons. The van der Waals surface area contributed by atoms with Crippen LogP contribution >= 0.6 is 0 Å². The van der Waals surface area contributed by atoms with E-state index in [2.05, 4.69) is 10.6 Å². The number of aryl methyl sites for hydroxylation is 1. The molecule has 3 N–H and O–H groups in total. The standard InChI is InChI=1S/C16H16N2O3/c1-11-9-13(19)7-8-14(11)18-16(21)15(20)17-10-12-5-3-2-4-6-12/h2-9,19H,10H2,1H3,(H,17,20)(H,18,21). The van der Waals surface area contributed by atoms with Gasteiger partial charge in [0.05, 0.1) is 0 Å². The van der Waals surface area contributed by atoms with Crippen LogP contribution in [0.4, 0.5) is 5.69 Å². The maximum Gasteiger partial charge on any atom is 0.313 e. The summed E-state index contributed by atoms with van der Waals surface area (Å²) in [6.07, 6.45) is 0. The summed E-state index contributed by atoms with van der Waals surface area (Å²) in [6, 6.07) is 13.8. The molecule has 2 rings (SSSR count). The van der Waals surface area contributed by atoms with Gasteiger partial charge in [0.1, 0.15) is 5.75 Å². The normalized spacial score (nSPS) is 9.95. The van der Waals surface area contributed by atoms with E-state index in [9.17, 15) is 14.7 Å². The summed E-state index contributed by atoms with van der Waals surface area (Å²) in [5.74, 6) is -1.33. The van der Waals surface area contributed by atoms with Gasteiger partial charge in [-0.25, -0.2) is 0 Å². The summed E-state index contributed by atoms with van der Waals surface area (Å²) in [5.41, 5.74) is 2.09. The predicted octanol–water partition coefficient (Wildman–Crippen LogP) is 1.96. The highest BCUT2D eigenvalue weighted by atomic mass is 16.3. The fraction of sp³-hybridized carbons (Fsp3) is 0.125. The van der Waals surface area contributed by atoms with Gasteiger partial charge in [-0.1, -0.05) is 30.3 Å². The molecule has 0 saturated carbocycles. The molecule has 2 aromatic carbocycles. The van der Waals surface area contributed by atoms with Gasteiger partial charge in [0.25, 0.3) is 0 Å². The Balaban J connectivity index is 1.92. The van der Waals surface area contributed by atoms with Crippen LogP contribution in [0.2, 0.25) is 0 Å². The predicted molar refractivity (Wildman–Crippen MR) is 79.8 cm³/mol. The number of nitrogens with one attached hydrogen (secondary N) is 2. The summed E-state index contributed by atoms with van der Waals surface area (Å²) in [7, 11) is 0. The van der Waals surface area contributed by atoms with E-state index in [0.29, 0.717) is 17.8 Å². The lowest BCUT2D eigenvalue weighted by Crippen LogP contribution is -2.35. The fourth-order valence-electron chi connectivity index (χ4n) is 1.83. The average Bonchev–Trinajstić information content (AvgIpc) is 2.48. The van der Waals surface area contributed by atoms with Crippen LogP contribution in [0.3, 0.4) is 0 Å². The number of rotatable bonds is 3. The minimum absolute atomic E-state index is 0.110. The maximum atomic E-state index is 11.8. The van der Waals surface area contributed by atoms with Crippen molar-refractivity contribution in [3.8, 4) is 5.75 Å². The van der Waals surface area contributed by atoms with Crippen molar-refractivity contribution in [2.45, 2.75) is 13.5 Å². The van der Waals surface area contributed by atoms with Crippen molar-refractivity contribution >= 4 is 17.5 Å². The lowest BCUT2D eigenvalue weighted by molar-refractivity contribution is -0.136. The quantitative estimate of drug-likeness (QED) is 0.595. The van der Waals surface area contributed by atoms with E-state index < -0.39 is 11.8 Å². The van der Waals surface area contributed by atoms with Crippen LogP contribution < -0.4 is 10.6 Å². The lowest BCUT2D eigenvalue weighted by atomic mass is 10.2. The van der Waals surface area contributed by atoms with E-state index in [-0.39, 0.29) is 5.75 Å². The number of hydrogen-bond donors (Lipinski definition) is 3. The summed E-state index contributed by atoms with van der Waals surface area (Å²) >= 11 is 0. The summed E-state index contributed by atoms with van der Waals surface area (Å²) in [6.45, 7) is 2.03. The van der Waals surface area contributed by atoms with E-state index in [1.54, 1.807) is 13.0 Å². The smallest absolute Gasteiger partial charge is 0.313 e. The minimum Gasteiger partial charge on any atom is -0.508 e. The van der Waals surface area contributed by atoms with E-state index in [4.69, 9.17) is 0 Å². The Morgan fingerprint density at radius 2 is 1.76 bits per heavy atom. The van der Waals surface area contributed by atoms with Crippen LogP contribution in [0.25, 0.3) is 0 Å². The van der Waals surface area contributed by atoms with E-state index in [1.165, 1.54) is 12.1 Å². The summed E-state index contributed by atoms with van der Waals surface area (Å²) in [4.78, 5) is 23.5. The van der Waals surface area contributed by atoms with Crippen LogP contribution in [0, 0.1) is 6.92 Å². The highest BCUT2D eigenvalue weighted by Gasteiger charge is 2.14. The van der Waals surface area contributed by atoms with Crippen molar-refractivity contribution in [3.63, 3.8) is 0 Å². The van der Waals surface area contributed by atoms with Gasteiger partial charge in [-0.3, -0.25) is 9.59 Å². The maximum absolute atomic E-state index is 11.8. The molecule has 0 aliphatic heterocycles. The Kier molecular flexibility index (Phi) is 4.56. The van der Waals surface area contributed by atoms with Gasteiger partial charge in [0.2, 0.25) is 0 Å². The van der Waals surface area contributed by atoms with Gasteiger partial charge in [0, 0.05) is 12.2 Å². The largest absolute Gasteiger partial charge is 0.508 e. The average molecular weight is 284 g/mol. The molecule has 0 bridgehead atoms. The molecular formula is C16H16N2O3. The number of carbonyl (C=O) groups excluding carboxylic acids is 2. The molecule has 0 atom stereocenters. The van der Waals surface area contributed by atoms with E-state index in [1.807, 2.05) is 30.3 Å². The Morgan fingerprint density at radius 1 is 1.05 bits per heavy atom. The van der Waals surface area contributed by atoms with Crippen LogP contribution in [-0.4, -0.2) is 16.9 Å². The van der Waals surface area contributed by atoms with Crippen molar-refractivity contribution in [2.24, 2.45) is 0 Å². The van der Waals surface area contributed by atoms with Crippen molar-refractivity contribution in [1.29, 1.82) is 0 Å². The second kappa shape index (κ2) is 6.56. The zero-order chi connectivity index (χ0) is 15.2. The van der Waals surface area contributed by atoms with E-state index in [0.717, 1.165) is 5.56 Å². The molecule has 0 fully saturated rings. The van der Waals surface area contributed by atoms with Gasteiger partial charge in [-0.05, 0) is 36.2 Å². The highest BCUT2D eigenvalue weighted by molar-refractivity contribution is 6.39. The van der Waals surface area contributed by atoms with Gasteiger partial charge in [0.15, 0.2) is 0 Å². The second-order valence-electron chi connectivity index (χ2n) is 4.62. The number of amides is 2. The van der Waals surface area contributed by atoms with Crippen LogP contribution in [0.15, 0.2) is 48.5 Å². The molecular weight excluding hydrogens is 268 g/mol. The molecule has 5 nitrogen and oxygen atoms in total. The van der Waals surface area contributed by atoms with Crippen molar-refractivity contribution < 1.29 is 14.7 Å². The number of hydrogen-bond acceptors (Lipinski definition) is 3. The third-order valence-corrected chi connectivity index (χ3v) is 2.96. The van der Waals surface area contributed by atoms with Gasteiger partial charge < -0.3 is 15.7 Å². The molecule has 0 aliphatic rings. The number of phenolic OH excluding ortho intramolecular Hbond substituents is 1. The molecule has 0 heterocycles. The topological polar surface area (TPSA) is 78.4 Å². The number of phenols is 1. The molecule has 0 saturated heterocycles. The fourth-order valence-corrected chi connectivity index (χ4v) is 1.83. The monoisotopic (exact) mass is 284 g/mol. The second-order valence-corrected chi connectivity index (χ2v) is 4.62. The van der Waals surface area contributed by atoms with E-state index >= 15 is 0 Å². The Bertz CT molecular complexity index is 654. The van der Waals surface area contributed by atoms with Gasteiger partial charge >= 0.3 is 11.8 Å². The first-order chi connectivity index (χ1) is 10.1. The molecule has 0 radical (unpaired) electrons. The van der Waals surface area contributed by atoms with Gasteiger partial charge in [-0.2, -0.15) is 0 Å². The third-order valence-electron chi connectivity index (χ3n) is 2.96. The molecule has 0 aliphatic carbocycles. The van der Waals surface area contributed by atoms with Crippen LogP contribution in [0.5, 0.6) is 5.75 Å². The SMILES string of the molecule is Cc1cc(O)ccc1NC(=O)C(=O)NCc1ccccc1. The van der Waals surface area contributed by atoms with Crippen LogP contribution in [-0.2, 0) is 16.1 Å². The molecule has 0 spiro atoms. The highest BCUT2D eigenvalue weighted by Crippen LogP contribution is 2.19. The third kappa shape index (κ3) is 4.07. The Labute approximate surface area is 122 Å². The molecule has 21 heavy (non-hydrogen) atoms. The summed E-state index contributed by atoms with van der Waals surface area (Å²) in [5, 5.41) is 14.4. The number of carbonyl (C=O) groups is 2. The van der Waals surface area contributed by atoms with Crippen LogP contribution in [0.1, 0.15) is 11.1 Å².